The van der Waals surface area contributed by atoms with Gasteiger partial charge in [0.05, 0.1) is 0 Å². The van der Waals surface area contributed by atoms with Crippen molar-refractivity contribution in [3.05, 3.63) is 146 Å². The summed E-state index contributed by atoms with van der Waals surface area (Å²) >= 11 is 0. The van der Waals surface area contributed by atoms with Crippen LogP contribution in [0.1, 0.15) is 284 Å². The molecule has 1 unspecified atom stereocenters. The van der Waals surface area contributed by atoms with Gasteiger partial charge in [-0.05, 0) is 122 Å². The van der Waals surface area contributed by atoms with E-state index in [4.69, 9.17) is 14.2 Å². The Labute approximate surface area is 493 Å². The molecule has 452 valence electrons. The molecule has 6 heteroatoms. The van der Waals surface area contributed by atoms with Gasteiger partial charge in [0.2, 0.25) is 0 Å². The first-order valence-corrected chi connectivity index (χ1v) is 32.8. The Bertz CT molecular complexity index is 1750. The van der Waals surface area contributed by atoms with Crippen molar-refractivity contribution in [2.45, 2.75) is 290 Å². The first-order chi connectivity index (χ1) is 39.5. The summed E-state index contributed by atoms with van der Waals surface area (Å²) < 4.78 is 16.9. The average molecular weight is 1110 g/mol. The molecule has 0 aromatic carbocycles. The number of ether oxygens (including phenoxy) is 3. The number of esters is 3. The summed E-state index contributed by atoms with van der Waals surface area (Å²) in [5.41, 5.74) is 0. The van der Waals surface area contributed by atoms with Crippen LogP contribution in [0.25, 0.3) is 0 Å². The Morgan fingerprint density at radius 2 is 0.487 bits per heavy atom. The van der Waals surface area contributed by atoms with Gasteiger partial charge in [0.15, 0.2) is 6.10 Å². The van der Waals surface area contributed by atoms with Crippen molar-refractivity contribution in [3.8, 4) is 0 Å². The summed E-state index contributed by atoms with van der Waals surface area (Å²) in [4.78, 5) is 38.4. The lowest BCUT2D eigenvalue weighted by Crippen LogP contribution is -2.30. The van der Waals surface area contributed by atoms with Crippen LogP contribution < -0.4 is 0 Å². The summed E-state index contributed by atoms with van der Waals surface area (Å²) in [7, 11) is 0. The molecule has 80 heavy (non-hydrogen) atoms. The molecule has 0 amide bonds. The third-order valence-electron chi connectivity index (χ3n) is 13.6. The van der Waals surface area contributed by atoms with Crippen molar-refractivity contribution in [2.24, 2.45) is 0 Å². The van der Waals surface area contributed by atoms with Gasteiger partial charge >= 0.3 is 17.9 Å². The molecule has 0 bridgehead atoms. The third kappa shape index (κ3) is 64.1. The highest BCUT2D eigenvalue weighted by Gasteiger charge is 2.19. The van der Waals surface area contributed by atoms with E-state index in [0.717, 1.165) is 161 Å². The summed E-state index contributed by atoms with van der Waals surface area (Å²) in [6.45, 7) is 6.39. The molecule has 0 N–H and O–H groups in total. The molecule has 0 saturated heterocycles. The minimum absolute atomic E-state index is 0.0999. The Hall–Kier alpha value is -4.71. The standard InChI is InChI=1S/C74H120O6/c1-4-7-10-13-16-19-22-25-28-31-33-35-37-39-41-43-46-49-52-55-58-61-64-67-73(76)79-70-71(69-78-72(75)66-63-60-57-54-51-48-45-30-27-24-21-18-15-12-9-6-3)80-74(77)68-65-62-59-56-53-50-47-44-42-40-38-36-34-32-29-26-23-20-17-14-11-8-5-2/h7-8,10-11,16-17,19-20,25-26,28-29,33-36,39-42,46-47,49-50,71H,4-6,9,12-15,18,21-24,27,30-32,37-38,43-45,48,51-70H2,1-3H3/b10-7-,11-8-,19-16-,20-17-,28-25-,29-26-,35-33-,36-34-,41-39-,42-40-,49-46-,50-47-. The van der Waals surface area contributed by atoms with Crippen molar-refractivity contribution in [2.75, 3.05) is 13.2 Å². The largest absolute Gasteiger partial charge is 0.462 e. The summed E-state index contributed by atoms with van der Waals surface area (Å²) in [6.07, 6.45) is 95.6. The van der Waals surface area contributed by atoms with E-state index in [2.05, 4.69) is 167 Å². The molecule has 0 aliphatic carbocycles. The van der Waals surface area contributed by atoms with E-state index >= 15 is 0 Å². The fourth-order valence-corrected chi connectivity index (χ4v) is 8.74. The van der Waals surface area contributed by atoms with Gasteiger partial charge in [-0.25, -0.2) is 0 Å². The van der Waals surface area contributed by atoms with Crippen molar-refractivity contribution in [3.63, 3.8) is 0 Å². The van der Waals surface area contributed by atoms with Crippen LogP contribution in [0, 0.1) is 0 Å². The zero-order valence-electron chi connectivity index (χ0n) is 51.8. The van der Waals surface area contributed by atoms with Crippen molar-refractivity contribution in [1.29, 1.82) is 0 Å². The van der Waals surface area contributed by atoms with Gasteiger partial charge in [0.1, 0.15) is 13.2 Å². The van der Waals surface area contributed by atoms with Crippen LogP contribution in [0.5, 0.6) is 0 Å². The lowest BCUT2D eigenvalue weighted by molar-refractivity contribution is -0.167. The van der Waals surface area contributed by atoms with E-state index in [1.165, 1.54) is 83.5 Å². The molecule has 0 aliphatic rings. The number of hydrogen-bond donors (Lipinski definition) is 0. The lowest BCUT2D eigenvalue weighted by atomic mass is 10.0. The van der Waals surface area contributed by atoms with Gasteiger partial charge in [-0.15, -0.1) is 0 Å². The molecule has 1 atom stereocenters. The predicted molar refractivity (Wildman–Crippen MR) is 348 cm³/mol. The zero-order chi connectivity index (χ0) is 57.8. The van der Waals surface area contributed by atoms with Gasteiger partial charge in [-0.1, -0.05) is 289 Å². The Kier molecular flexibility index (Phi) is 62.9. The maximum atomic E-state index is 12.9. The second kappa shape index (κ2) is 66.8. The van der Waals surface area contributed by atoms with Crippen LogP contribution in [-0.4, -0.2) is 37.2 Å². The Morgan fingerprint density at radius 1 is 0.263 bits per heavy atom. The van der Waals surface area contributed by atoms with Gasteiger partial charge in [-0.2, -0.15) is 0 Å². The number of carbonyl (C=O) groups excluding carboxylic acids is 3. The number of allylic oxidation sites excluding steroid dienone is 24. The van der Waals surface area contributed by atoms with Crippen molar-refractivity contribution < 1.29 is 28.6 Å². The van der Waals surface area contributed by atoms with Crippen molar-refractivity contribution in [1.82, 2.24) is 0 Å². The highest BCUT2D eigenvalue weighted by Crippen LogP contribution is 2.16. The summed E-state index contributed by atoms with van der Waals surface area (Å²) in [5, 5.41) is 0. The predicted octanol–water partition coefficient (Wildman–Crippen LogP) is 22.7. The molecule has 0 saturated carbocycles. The van der Waals surface area contributed by atoms with Crippen LogP contribution in [0.2, 0.25) is 0 Å². The maximum absolute atomic E-state index is 12.9. The maximum Gasteiger partial charge on any atom is 0.306 e. The van der Waals surface area contributed by atoms with Gasteiger partial charge in [-0.3, -0.25) is 14.4 Å². The molecule has 0 aromatic heterocycles. The average Bonchev–Trinajstić information content (AvgIpc) is 3.46. The molecule has 0 radical (unpaired) electrons. The summed E-state index contributed by atoms with van der Waals surface area (Å²) in [5.74, 6) is -0.947. The van der Waals surface area contributed by atoms with Gasteiger partial charge in [0, 0.05) is 19.3 Å². The van der Waals surface area contributed by atoms with Gasteiger partial charge in [0.25, 0.3) is 0 Å². The smallest absolute Gasteiger partial charge is 0.306 e. The van der Waals surface area contributed by atoms with Crippen LogP contribution in [0.15, 0.2) is 146 Å². The molecule has 0 fully saturated rings. The minimum Gasteiger partial charge on any atom is -0.462 e. The SMILES string of the molecule is CC/C=C\C/C=C\C/C=C\C/C=C\C/C=C\C/C=C\CCCCCCC(=O)OCC(COC(=O)CCCCCCCCCCCCCCCCCC)OC(=O)CCCCCC/C=C\C/C=C\C/C=C\C/C=C\C/C=C\C/C=C\CC. The van der Waals surface area contributed by atoms with Crippen LogP contribution >= 0.6 is 0 Å². The minimum atomic E-state index is -0.810. The molecule has 0 aliphatic heterocycles. The zero-order valence-corrected chi connectivity index (χ0v) is 51.8. The van der Waals surface area contributed by atoms with Gasteiger partial charge < -0.3 is 14.2 Å². The normalized spacial score (nSPS) is 13.1. The van der Waals surface area contributed by atoms with E-state index < -0.39 is 6.10 Å². The molecular formula is C74H120O6. The molecule has 6 nitrogen and oxygen atoms in total. The number of hydrogen-bond acceptors (Lipinski definition) is 6. The molecule has 0 spiro atoms. The Balaban J connectivity index is 4.51. The fourth-order valence-electron chi connectivity index (χ4n) is 8.74. The van der Waals surface area contributed by atoms with Crippen LogP contribution in [0.3, 0.4) is 0 Å². The number of rotatable bonds is 58. The van der Waals surface area contributed by atoms with E-state index in [0.29, 0.717) is 12.8 Å². The first kappa shape index (κ1) is 75.3. The van der Waals surface area contributed by atoms with Crippen LogP contribution in [0.4, 0.5) is 0 Å². The summed E-state index contributed by atoms with van der Waals surface area (Å²) in [6, 6.07) is 0. The van der Waals surface area contributed by atoms with Crippen LogP contribution in [-0.2, 0) is 28.6 Å². The third-order valence-corrected chi connectivity index (χ3v) is 13.6. The molecular weight excluding hydrogens is 985 g/mol. The van der Waals surface area contributed by atoms with E-state index in [9.17, 15) is 14.4 Å². The lowest BCUT2D eigenvalue weighted by Gasteiger charge is -2.18. The van der Waals surface area contributed by atoms with E-state index in [1.54, 1.807) is 0 Å². The second-order valence-electron chi connectivity index (χ2n) is 21.3. The number of carbonyl (C=O) groups is 3. The second-order valence-corrected chi connectivity index (χ2v) is 21.3. The highest BCUT2D eigenvalue weighted by molar-refractivity contribution is 5.71. The van der Waals surface area contributed by atoms with E-state index in [1.807, 2.05) is 0 Å². The number of unbranched alkanes of at least 4 members (excludes halogenated alkanes) is 23. The van der Waals surface area contributed by atoms with E-state index in [-0.39, 0.29) is 37.5 Å². The Morgan fingerprint density at radius 3 is 0.762 bits per heavy atom. The molecule has 0 heterocycles. The molecule has 0 aromatic rings. The monoisotopic (exact) mass is 1100 g/mol. The quantitative estimate of drug-likeness (QED) is 0.0261. The first-order valence-electron chi connectivity index (χ1n) is 32.8. The van der Waals surface area contributed by atoms with Crippen molar-refractivity contribution >= 4 is 17.9 Å². The highest BCUT2D eigenvalue weighted by atomic mass is 16.6. The fraction of sp³-hybridized carbons (Fsp3) is 0.635. The topological polar surface area (TPSA) is 78.9 Å². The molecule has 0 rings (SSSR count).